The van der Waals surface area contributed by atoms with Crippen molar-refractivity contribution in [2.45, 2.75) is 25.8 Å². The molecule has 16 heavy (non-hydrogen) atoms. The van der Waals surface area contributed by atoms with Crippen LogP contribution in [0.4, 0.5) is 10.1 Å². The van der Waals surface area contributed by atoms with Gasteiger partial charge in [-0.1, -0.05) is 6.92 Å². The summed E-state index contributed by atoms with van der Waals surface area (Å²) < 4.78 is 18.2. The van der Waals surface area contributed by atoms with Gasteiger partial charge in [0.15, 0.2) is 11.6 Å². The van der Waals surface area contributed by atoms with Crippen LogP contribution < -0.4 is 10.1 Å². The molecule has 86 valence electrons. The molecule has 0 radical (unpaired) electrons. The second-order valence-corrected chi connectivity index (χ2v) is 3.46. The van der Waals surface area contributed by atoms with E-state index in [1.807, 2.05) is 6.92 Å². The minimum absolute atomic E-state index is 0.0535. The first kappa shape index (κ1) is 12.3. The number of nitriles is 1. The summed E-state index contributed by atoms with van der Waals surface area (Å²) in [4.78, 5) is 0. The van der Waals surface area contributed by atoms with E-state index in [0.29, 0.717) is 12.1 Å². The standard InChI is InChI=1S/C12H15FN2O/c1-3-9(6-7-14)15-10-4-5-12(16-2)11(13)8-10/h4-5,8-9,15H,3,6H2,1-2H3. The zero-order valence-electron chi connectivity index (χ0n) is 9.46. The third-order valence-corrected chi connectivity index (χ3v) is 2.35. The van der Waals surface area contributed by atoms with E-state index in [0.717, 1.165) is 6.42 Å². The van der Waals surface area contributed by atoms with Crippen LogP contribution in [0.15, 0.2) is 18.2 Å². The van der Waals surface area contributed by atoms with Gasteiger partial charge in [0, 0.05) is 17.8 Å². The molecule has 0 saturated carbocycles. The molecule has 0 saturated heterocycles. The SMILES string of the molecule is CCC(CC#N)Nc1ccc(OC)c(F)c1. The normalized spacial score (nSPS) is 11.6. The van der Waals surface area contributed by atoms with Crippen LogP contribution in [-0.2, 0) is 0 Å². The minimum atomic E-state index is -0.403. The highest BCUT2D eigenvalue weighted by atomic mass is 19.1. The molecule has 0 aliphatic heterocycles. The van der Waals surface area contributed by atoms with Gasteiger partial charge in [0.25, 0.3) is 0 Å². The Morgan fingerprint density at radius 3 is 2.81 bits per heavy atom. The van der Waals surface area contributed by atoms with Gasteiger partial charge < -0.3 is 10.1 Å². The average Bonchev–Trinajstić information content (AvgIpc) is 2.28. The van der Waals surface area contributed by atoms with Gasteiger partial charge in [0.1, 0.15) is 0 Å². The number of anilines is 1. The van der Waals surface area contributed by atoms with E-state index in [9.17, 15) is 4.39 Å². The molecule has 1 aromatic rings. The molecular weight excluding hydrogens is 207 g/mol. The Labute approximate surface area is 94.8 Å². The number of nitrogens with one attached hydrogen (secondary N) is 1. The van der Waals surface area contributed by atoms with E-state index < -0.39 is 5.82 Å². The van der Waals surface area contributed by atoms with E-state index in [1.165, 1.54) is 13.2 Å². The number of ether oxygens (including phenoxy) is 1. The maximum Gasteiger partial charge on any atom is 0.167 e. The quantitative estimate of drug-likeness (QED) is 0.833. The summed E-state index contributed by atoms with van der Waals surface area (Å²) in [6, 6.07) is 6.83. The molecule has 3 nitrogen and oxygen atoms in total. The van der Waals surface area contributed by atoms with Crippen LogP contribution in [-0.4, -0.2) is 13.2 Å². The summed E-state index contributed by atoms with van der Waals surface area (Å²) in [5.74, 6) is -0.182. The van der Waals surface area contributed by atoms with Gasteiger partial charge in [-0.15, -0.1) is 0 Å². The Morgan fingerprint density at radius 1 is 1.56 bits per heavy atom. The number of rotatable bonds is 5. The van der Waals surface area contributed by atoms with Crippen molar-refractivity contribution in [3.63, 3.8) is 0 Å². The number of hydrogen-bond donors (Lipinski definition) is 1. The molecule has 1 unspecified atom stereocenters. The predicted octanol–water partition coefficient (Wildman–Crippen LogP) is 2.94. The first-order chi connectivity index (χ1) is 7.71. The molecule has 4 heteroatoms. The third kappa shape index (κ3) is 3.13. The molecule has 0 aliphatic carbocycles. The maximum atomic E-state index is 13.4. The largest absolute Gasteiger partial charge is 0.494 e. The lowest BCUT2D eigenvalue weighted by Crippen LogP contribution is -2.17. The topological polar surface area (TPSA) is 45.0 Å². The van der Waals surface area contributed by atoms with Gasteiger partial charge >= 0.3 is 0 Å². The van der Waals surface area contributed by atoms with Crippen LogP contribution in [0.2, 0.25) is 0 Å². The van der Waals surface area contributed by atoms with E-state index in [-0.39, 0.29) is 11.8 Å². The fourth-order valence-corrected chi connectivity index (χ4v) is 1.40. The summed E-state index contributed by atoms with van der Waals surface area (Å²) in [6.07, 6.45) is 1.23. The first-order valence-corrected chi connectivity index (χ1v) is 5.18. The molecule has 0 amide bonds. The van der Waals surface area contributed by atoms with Crippen LogP contribution in [0.3, 0.4) is 0 Å². The van der Waals surface area contributed by atoms with Crippen LogP contribution in [0.1, 0.15) is 19.8 Å². The second-order valence-electron chi connectivity index (χ2n) is 3.46. The van der Waals surface area contributed by atoms with Crippen LogP contribution in [0, 0.1) is 17.1 Å². The van der Waals surface area contributed by atoms with Crippen molar-refractivity contribution in [1.82, 2.24) is 0 Å². The van der Waals surface area contributed by atoms with E-state index in [2.05, 4.69) is 11.4 Å². The number of nitrogens with zero attached hydrogens (tertiary/aromatic N) is 1. The van der Waals surface area contributed by atoms with Gasteiger partial charge in [0.05, 0.1) is 19.6 Å². The summed E-state index contributed by atoms with van der Waals surface area (Å²) in [6.45, 7) is 1.98. The maximum absolute atomic E-state index is 13.4. The predicted molar refractivity (Wildman–Crippen MR) is 60.9 cm³/mol. The number of benzene rings is 1. The Balaban J connectivity index is 2.74. The smallest absolute Gasteiger partial charge is 0.167 e. The van der Waals surface area contributed by atoms with Crippen molar-refractivity contribution in [1.29, 1.82) is 5.26 Å². The van der Waals surface area contributed by atoms with E-state index in [1.54, 1.807) is 12.1 Å². The van der Waals surface area contributed by atoms with Crippen LogP contribution in [0.5, 0.6) is 5.75 Å². The fourth-order valence-electron chi connectivity index (χ4n) is 1.40. The summed E-state index contributed by atoms with van der Waals surface area (Å²) >= 11 is 0. The van der Waals surface area contributed by atoms with Gasteiger partial charge in [0.2, 0.25) is 0 Å². The molecule has 1 atom stereocenters. The Bertz CT molecular complexity index is 387. The lowest BCUT2D eigenvalue weighted by Gasteiger charge is -2.15. The van der Waals surface area contributed by atoms with Crippen LogP contribution >= 0.6 is 0 Å². The van der Waals surface area contributed by atoms with E-state index in [4.69, 9.17) is 10.00 Å². The monoisotopic (exact) mass is 222 g/mol. The molecule has 0 fully saturated rings. The van der Waals surface area contributed by atoms with Crippen molar-refractivity contribution in [3.05, 3.63) is 24.0 Å². The highest BCUT2D eigenvalue weighted by molar-refractivity contribution is 5.48. The van der Waals surface area contributed by atoms with Gasteiger partial charge in [-0.25, -0.2) is 4.39 Å². The lowest BCUT2D eigenvalue weighted by molar-refractivity contribution is 0.386. The molecular formula is C12H15FN2O. The molecule has 1 rings (SSSR count). The van der Waals surface area contributed by atoms with Crippen molar-refractivity contribution in [2.24, 2.45) is 0 Å². The van der Waals surface area contributed by atoms with Gasteiger partial charge in [-0.2, -0.15) is 5.26 Å². The van der Waals surface area contributed by atoms with Crippen LogP contribution in [0.25, 0.3) is 0 Å². The Morgan fingerprint density at radius 2 is 2.31 bits per heavy atom. The molecule has 1 aromatic carbocycles. The molecule has 0 heterocycles. The van der Waals surface area contributed by atoms with Crippen molar-refractivity contribution in [3.8, 4) is 11.8 Å². The van der Waals surface area contributed by atoms with E-state index >= 15 is 0 Å². The summed E-state index contributed by atoms with van der Waals surface area (Å²) in [7, 11) is 1.43. The minimum Gasteiger partial charge on any atom is -0.494 e. The summed E-state index contributed by atoms with van der Waals surface area (Å²) in [5.41, 5.74) is 0.667. The molecule has 0 aliphatic rings. The number of halogens is 1. The average molecular weight is 222 g/mol. The number of methoxy groups -OCH3 is 1. The zero-order chi connectivity index (χ0) is 12.0. The zero-order valence-corrected chi connectivity index (χ0v) is 9.46. The number of hydrogen-bond acceptors (Lipinski definition) is 3. The molecule has 1 N–H and O–H groups in total. The highest BCUT2D eigenvalue weighted by Crippen LogP contribution is 2.21. The lowest BCUT2D eigenvalue weighted by atomic mass is 10.1. The highest BCUT2D eigenvalue weighted by Gasteiger charge is 2.08. The summed E-state index contributed by atoms with van der Waals surface area (Å²) in [5, 5.41) is 11.7. The second kappa shape index (κ2) is 5.96. The first-order valence-electron chi connectivity index (χ1n) is 5.18. The third-order valence-electron chi connectivity index (χ3n) is 2.35. The van der Waals surface area contributed by atoms with Crippen molar-refractivity contribution < 1.29 is 9.13 Å². The van der Waals surface area contributed by atoms with Crippen molar-refractivity contribution in [2.75, 3.05) is 12.4 Å². The Kier molecular flexibility index (Phi) is 4.59. The molecule has 0 aromatic heterocycles. The fraction of sp³-hybridized carbons (Fsp3) is 0.417. The van der Waals surface area contributed by atoms with Crippen molar-refractivity contribution >= 4 is 5.69 Å². The molecule has 0 spiro atoms. The van der Waals surface area contributed by atoms with Gasteiger partial charge in [-0.3, -0.25) is 0 Å². The van der Waals surface area contributed by atoms with Gasteiger partial charge in [-0.05, 0) is 18.6 Å². The Hall–Kier alpha value is -1.76. The molecule has 0 bridgehead atoms.